The summed E-state index contributed by atoms with van der Waals surface area (Å²) >= 11 is 0. The van der Waals surface area contributed by atoms with E-state index in [1.165, 1.54) is 61.3 Å². The fourth-order valence-corrected chi connectivity index (χ4v) is 8.53. The second kappa shape index (κ2) is 13.3. The van der Waals surface area contributed by atoms with Gasteiger partial charge in [-0.15, -0.1) is 0 Å². The van der Waals surface area contributed by atoms with Gasteiger partial charge in [-0.1, -0.05) is 32.0 Å². The van der Waals surface area contributed by atoms with Gasteiger partial charge in [-0.3, -0.25) is 9.69 Å². The molecule has 0 aromatic heterocycles. The molecule has 2 fully saturated rings. The Bertz CT molecular complexity index is 1690. The van der Waals surface area contributed by atoms with E-state index in [-0.39, 0.29) is 11.9 Å². The van der Waals surface area contributed by atoms with Crippen molar-refractivity contribution in [2.24, 2.45) is 10.7 Å². The molecule has 7 rings (SSSR count). The molecule has 254 valence electrons. The summed E-state index contributed by atoms with van der Waals surface area (Å²) in [6.07, 6.45) is 10.7. The molecule has 2 aromatic rings. The number of benzene rings is 2. The number of aliphatic imine (C=N–C) groups is 1. The standard InChI is InChI=1S/C39H51N7O2/c1-6-26-11-10-12-27(7-2)36(26)46-24-28-13-15-31-34(38(40)47)25(3)43(4)37(31)35(28)42-39(46)41-32-16-14-30(23-33(32)48-5)45-21-17-29(18-22-45)44-19-8-9-20-44/h10-12,14,16,23-25,29H,6-9,13,15,17-22H2,1-5H3,(H2,40,47)(H,41,42). The van der Waals surface area contributed by atoms with Crippen molar-refractivity contribution >= 4 is 28.9 Å². The Morgan fingerprint density at radius 1 is 1.02 bits per heavy atom. The van der Waals surface area contributed by atoms with E-state index in [1.807, 2.05) is 14.0 Å². The van der Waals surface area contributed by atoms with E-state index in [4.69, 9.17) is 15.5 Å². The zero-order valence-corrected chi connectivity index (χ0v) is 29.3. The molecular formula is C39H51N7O2. The summed E-state index contributed by atoms with van der Waals surface area (Å²) in [5, 5.41) is 3.72. The second-order valence-electron chi connectivity index (χ2n) is 13.8. The molecule has 1 unspecified atom stereocenters. The largest absolute Gasteiger partial charge is 0.494 e. The minimum atomic E-state index is -0.346. The van der Waals surface area contributed by atoms with Crippen molar-refractivity contribution in [2.45, 2.75) is 84.2 Å². The highest BCUT2D eigenvalue weighted by Crippen LogP contribution is 2.46. The average Bonchev–Trinajstić information content (AvgIpc) is 3.74. The number of nitrogens with two attached hydrogens (primary N) is 1. The highest BCUT2D eigenvalue weighted by molar-refractivity contribution is 6.10. The number of amides is 1. The first-order valence-electron chi connectivity index (χ1n) is 18.0. The quantitative estimate of drug-likeness (QED) is 0.353. The van der Waals surface area contributed by atoms with Crippen molar-refractivity contribution in [3.63, 3.8) is 0 Å². The Morgan fingerprint density at radius 3 is 2.38 bits per heavy atom. The van der Waals surface area contributed by atoms with Gasteiger partial charge in [-0.25, -0.2) is 4.99 Å². The van der Waals surface area contributed by atoms with Crippen molar-refractivity contribution in [2.75, 3.05) is 55.5 Å². The van der Waals surface area contributed by atoms with E-state index in [0.717, 1.165) is 72.7 Å². The van der Waals surface area contributed by atoms with Gasteiger partial charge in [-0.05, 0) is 106 Å². The first-order chi connectivity index (χ1) is 23.3. The molecule has 1 aliphatic carbocycles. The zero-order chi connectivity index (χ0) is 33.5. The van der Waals surface area contributed by atoms with Crippen LogP contribution < -0.4 is 25.6 Å². The number of fused-ring (bicyclic) bond motifs is 2. The number of piperidine rings is 1. The molecule has 0 spiro atoms. The highest BCUT2D eigenvalue weighted by Gasteiger charge is 2.40. The maximum absolute atomic E-state index is 12.6. The number of likely N-dealkylation sites (N-methyl/N-ethyl adjacent to an activating group) is 1. The van der Waals surface area contributed by atoms with Crippen LogP contribution in [-0.2, 0) is 17.6 Å². The molecule has 0 saturated carbocycles. The molecule has 5 aliphatic rings. The number of primary amides is 1. The number of methoxy groups -OCH3 is 1. The number of ether oxygens (including phenoxy) is 1. The molecule has 2 aromatic carbocycles. The van der Waals surface area contributed by atoms with Crippen LogP contribution in [0.25, 0.3) is 0 Å². The summed E-state index contributed by atoms with van der Waals surface area (Å²) in [4.78, 5) is 27.6. The molecule has 3 N–H and O–H groups in total. The van der Waals surface area contributed by atoms with Gasteiger partial charge in [0.05, 0.1) is 35.9 Å². The fraction of sp³-hybridized carbons (Fsp3) is 0.487. The Hall–Kier alpha value is -4.24. The van der Waals surface area contributed by atoms with E-state index in [9.17, 15) is 4.79 Å². The summed E-state index contributed by atoms with van der Waals surface area (Å²) in [5.74, 6) is 1.15. The number of allylic oxidation sites excluding steroid dienone is 2. The second-order valence-corrected chi connectivity index (χ2v) is 13.8. The number of carbonyl (C=O) groups is 1. The summed E-state index contributed by atoms with van der Waals surface area (Å²) in [6, 6.07) is 13.7. The number of anilines is 3. The Labute approximate surface area is 285 Å². The Balaban J connectivity index is 1.26. The van der Waals surface area contributed by atoms with Crippen LogP contribution in [0.3, 0.4) is 0 Å². The first-order valence-corrected chi connectivity index (χ1v) is 18.0. The van der Waals surface area contributed by atoms with Gasteiger partial charge >= 0.3 is 0 Å². The molecule has 48 heavy (non-hydrogen) atoms. The Kier molecular flexibility index (Phi) is 8.98. The number of carbonyl (C=O) groups excluding carboxylic acids is 1. The maximum atomic E-state index is 12.6. The van der Waals surface area contributed by atoms with Crippen LogP contribution in [-0.4, -0.2) is 74.1 Å². The lowest BCUT2D eigenvalue weighted by atomic mass is 9.89. The number of likely N-dealkylation sites (tertiary alicyclic amines) is 1. The minimum absolute atomic E-state index is 0.0930. The molecule has 2 saturated heterocycles. The molecule has 4 heterocycles. The van der Waals surface area contributed by atoms with E-state index >= 15 is 0 Å². The van der Waals surface area contributed by atoms with Crippen molar-refractivity contribution in [3.05, 3.63) is 81.8 Å². The number of nitrogens with one attached hydrogen (secondary N) is 1. The first kappa shape index (κ1) is 32.3. The molecule has 0 radical (unpaired) electrons. The Morgan fingerprint density at radius 2 is 1.73 bits per heavy atom. The maximum Gasteiger partial charge on any atom is 0.247 e. The number of para-hydroxylation sites is 1. The number of guanidine groups is 1. The van der Waals surface area contributed by atoms with Gasteiger partial charge in [-0.2, -0.15) is 0 Å². The van der Waals surface area contributed by atoms with Crippen molar-refractivity contribution < 1.29 is 9.53 Å². The number of hydrogen-bond donors (Lipinski definition) is 2. The summed E-state index contributed by atoms with van der Waals surface area (Å²) in [7, 11) is 3.78. The van der Waals surface area contributed by atoms with Crippen LogP contribution in [0.15, 0.2) is 75.7 Å². The minimum Gasteiger partial charge on any atom is -0.494 e. The predicted molar refractivity (Wildman–Crippen MR) is 196 cm³/mol. The van der Waals surface area contributed by atoms with Crippen LogP contribution >= 0.6 is 0 Å². The van der Waals surface area contributed by atoms with Gasteiger partial charge in [0.1, 0.15) is 5.75 Å². The normalized spacial score (nSPS) is 21.8. The van der Waals surface area contributed by atoms with Crippen LogP contribution in [0.4, 0.5) is 17.1 Å². The summed E-state index contributed by atoms with van der Waals surface area (Å²) < 4.78 is 6.03. The molecular weight excluding hydrogens is 598 g/mol. The van der Waals surface area contributed by atoms with Crippen molar-refractivity contribution in [3.8, 4) is 5.75 Å². The molecule has 4 aliphatic heterocycles. The van der Waals surface area contributed by atoms with Crippen molar-refractivity contribution in [1.29, 1.82) is 0 Å². The number of aryl methyl sites for hydroxylation is 2. The number of rotatable bonds is 8. The van der Waals surface area contributed by atoms with Crippen LogP contribution in [0.5, 0.6) is 5.75 Å². The van der Waals surface area contributed by atoms with Crippen LogP contribution in [0, 0.1) is 0 Å². The lowest BCUT2D eigenvalue weighted by molar-refractivity contribution is -0.115. The third-order valence-electron chi connectivity index (χ3n) is 11.3. The molecule has 1 amide bonds. The fourth-order valence-electron chi connectivity index (χ4n) is 8.53. The molecule has 0 bridgehead atoms. The smallest absolute Gasteiger partial charge is 0.247 e. The van der Waals surface area contributed by atoms with E-state index < -0.39 is 0 Å². The average molecular weight is 650 g/mol. The third kappa shape index (κ3) is 5.66. The van der Waals surface area contributed by atoms with Crippen LogP contribution in [0.2, 0.25) is 0 Å². The van der Waals surface area contributed by atoms with E-state index in [0.29, 0.717) is 17.6 Å². The molecule has 9 nitrogen and oxygen atoms in total. The topological polar surface area (TPSA) is 89.7 Å². The summed E-state index contributed by atoms with van der Waals surface area (Å²) in [5.41, 5.74) is 16.5. The zero-order valence-electron chi connectivity index (χ0n) is 29.3. The van der Waals surface area contributed by atoms with Gasteiger partial charge in [0, 0.05) is 49.7 Å². The monoisotopic (exact) mass is 649 g/mol. The van der Waals surface area contributed by atoms with Crippen LogP contribution in [0.1, 0.15) is 70.4 Å². The highest BCUT2D eigenvalue weighted by atomic mass is 16.5. The lowest BCUT2D eigenvalue weighted by Gasteiger charge is -2.38. The third-order valence-corrected chi connectivity index (χ3v) is 11.3. The molecule has 9 heteroatoms. The van der Waals surface area contributed by atoms with E-state index in [2.05, 4.69) is 81.4 Å². The number of nitrogens with zero attached hydrogens (tertiary/aromatic N) is 5. The van der Waals surface area contributed by atoms with Gasteiger partial charge in [0.15, 0.2) is 0 Å². The summed E-state index contributed by atoms with van der Waals surface area (Å²) in [6.45, 7) is 11.1. The molecule has 1 atom stereocenters. The van der Waals surface area contributed by atoms with E-state index in [1.54, 1.807) is 7.11 Å². The number of hydrogen-bond acceptors (Lipinski definition) is 8. The van der Waals surface area contributed by atoms with Gasteiger partial charge in [0.2, 0.25) is 11.9 Å². The van der Waals surface area contributed by atoms with Crippen molar-refractivity contribution in [1.82, 2.24) is 9.80 Å². The van der Waals surface area contributed by atoms with Gasteiger partial charge < -0.3 is 30.5 Å². The van der Waals surface area contributed by atoms with Gasteiger partial charge in [0.25, 0.3) is 0 Å². The SMILES string of the molecule is CCc1cccc(CC)c1N1C=C2CCC3=C(C(N)=O)C(C)N(C)C3=C2N=C1Nc1ccc(N2CCC(N3CCCC3)CC2)cc1OC. The predicted octanol–water partition coefficient (Wildman–Crippen LogP) is 6.18. The lowest BCUT2D eigenvalue weighted by Crippen LogP contribution is -2.43.